The average molecular weight is 347 g/mol. The number of nitrogens with one attached hydrogen (secondary N) is 2. The molecule has 0 saturated heterocycles. The zero-order chi connectivity index (χ0) is 17.7. The van der Waals surface area contributed by atoms with Crippen LogP contribution in [0.1, 0.15) is 42.7 Å². The first-order valence-corrected chi connectivity index (χ1v) is 9.11. The largest absolute Gasteiger partial charge is 0.346 e. The molecule has 0 fully saturated rings. The smallest absolute Gasteiger partial charge is 0.251 e. The van der Waals surface area contributed by atoms with Crippen LogP contribution in [-0.4, -0.2) is 25.4 Å². The Morgan fingerprint density at radius 3 is 2.38 bits per heavy atom. The van der Waals surface area contributed by atoms with Crippen molar-refractivity contribution < 1.29 is 13.2 Å². The molecule has 128 valence electrons. The van der Waals surface area contributed by atoms with Gasteiger partial charge < -0.3 is 5.32 Å². The minimum Gasteiger partial charge on any atom is -0.346 e. The molecular formula is C17H21N3O3S. The first-order chi connectivity index (χ1) is 11.3. The second-order valence-corrected chi connectivity index (χ2v) is 7.49. The van der Waals surface area contributed by atoms with E-state index in [0.717, 1.165) is 5.56 Å². The van der Waals surface area contributed by atoms with Crippen molar-refractivity contribution >= 4 is 15.9 Å². The van der Waals surface area contributed by atoms with E-state index in [9.17, 15) is 13.2 Å². The lowest BCUT2D eigenvalue weighted by atomic mass is 10.1. The van der Waals surface area contributed by atoms with Gasteiger partial charge in [-0.2, -0.15) is 0 Å². The van der Waals surface area contributed by atoms with Crippen molar-refractivity contribution in [2.75, 3.05) is 0 Å². The molecule has 1 atom stereocenters. The van der Waals surface area contributed by atoms with Crippen LogP contribution in [0.5, 0.6) is 0 Å². The third-order valence-corrected chi connectivity index (χ3v) is 5.01. The van der Waals surface area contributed by atoms with E-state index in [0.29, 0.717) is 5.56 Å². The molecule has 1 aromatic carbocycles. The number of sulfonamides is 1. The van der Waals surface area contributed by atoms with Crippen molar-refractivity contribution in [2.24, 2.45) is 0 Å². The first kappa shape index (κ1) is 18.1. The Bertz CT molecular complexity index is 805. The Hall–Kier alpha value is -2.25. The molecule has 1 aromatic heterocycles. The van der Waals surface area contributed by atoms with Crippen LogP contribution in [-0.2, 0) is 10.0 Å². The fraction of sp³-hybridized carbons (Fsp3) is 0.294. The lowest BCUT2D eigenvalue weighted by Crippen LogP contribution is -2.31. The minimum absolute atomic E-state index is 0.0698. The number of nitrogens with zero attached hydrogens (tertiary/aromatic N) is 1. The van der Waals surface area contributed by atoms with E-state index in [1.807, 2.05) is 19.1 Å². The van der Waals surface area contributed by atoms with Crippen LogP contribution in [0.2, 0.25) is 0 Å². The van der Waals surface area contributed by atoms with E-state index < -0.39 is 10.0 Å². The molecule has 2 aromatic rings. The van der Waals surface area contributed by atoms with Gasteiger partial charge in [0.2, 0.25) is 10.0 Å². The van der Waals surface area contributed by atoms with Crippen LogP contribution in [0, 0.1) is 0 Å². The number of carbonyl (C=O) groups is 1. The van der Waals surface area contributed by atoms with Gasteiger partial charge in [0.15, 0.2) is 0 Å². The van der Waals surface area contributed by atoms with Crippen LogP contribution in [0.3, 0.4) is 0 Å². The van der Waals surface area contributed by atoms with Gasteiger partial charge in [-0.25, -0.2) is 13.1 Å². The summed E-state index contributed by atoms with van der Waals surface area (Å²) in [6.45, 7) is 5.34. The number of aromatic nitrogens is 1. The molecule has 7 heteroatoms. The first-order valence-electron chi connectivity index (χ1n) is 7.63. The predicted molar refractivity (Wildman–Crippen MR) is 92.0 cm³/mol. The van der Waals surface area contributed by atoms with Crippen LogP contribution in [0.4, 0.5) is 0 Å². The number of pyridine rings is 1. The summed E-state index contributed by atoms with van der Waals surface area (Å²) in [6.07, 6.45) is 3.31. The molecule has 2 N–H and O–H groups in total. The van der Waals surface area contributed by atoms with E-state index in [2.05, 4.69) is 15.0 Å². The summed E-state index contributed by atoms with van der Waals surface area (Å²) in [4.78, 5) is 16.4. The summed E-state index contributed by atoms with van der Waals surface area (Å²) in [5.41, 5.74) is 1.21. The van der Waals surface area contributed by atoms with Crippen molar-refractivity contribution in [3.8, 4) is 0 Å². The predicted octanol–water partition coefficient (Wildman–Crippen LogP) is 2.26. The van der Waals surface area contributed by atoms with E-state index in [-0.39, 0.29) is 22.9 Å². The molecular weight excluding hydrogens is 326 g/mol. The third kappa shape index (κ3) is 4.62. The Labute approximate surface area is 142 Å². The average Bonchev–Trinajstić information content (AvgIpc) is 2.54. The van der Waals surface area contributed by atoms with Crippen LogP contribution < -0.4 is 10.0 Å². The summed E-state index contributed by atoms with van der Waals surface area (Å²) < 4.78 is 26.9. The Balaban J connectivity index is 2.18. The molecule has 0 aliphatic carbocycles. The highest BCUT2D eigenvalue weighted by Gasteiger charge is 2.18. The molecule has 0 spiro atoms. The molecule has 1 amide bonds. The molecule has 0 radical (unpaired) electrons. The number of carbonyl (C=O) groups excluding carboxylic acids is 1. The van der Waals surface area contributed by atoms with E-state index in [1.165, 1.54) is 12.1 Å². The van der Waals surface area contributed by atoms with Gasteiger partial charge in [0.05, 0.1) is 10.9 Å². The standard InChI is InChI=1S/C17H21N3O3S/c1-12(2)20-24(22,23)16-6-4-5-15(11-16)17(21)19-13(3)14-7-9-18-10-8-14/h4-13,20H,1-3H3,(H,19,21). The van der Waals surface area contributed by atoms with Crippen LogP contribution >= 0.6 is 0 Å². The molecule has 0 aliphatic heterocycles. The zero-order valence-electron chi connectivity index (χ0n) is 13.9. The van der Waals surface area contributed by atoms with E-state index in [1.54, 1.807) is 38.4 Å². The van der Waals surface area contributed by atoms with E-state index in [4.69, 9.17) is 0 Å². The van der Waals surface area contributed by atoms with Crippen molar-refractivity contribution in [2.45, 2.75) is 37.8 Å². The quantitative estimate of drug-likeness (QED) is 0.839. The zero-order valence-corrected chi connectivity index (χ0v) is 14.7. The van der Waals surface area contributed by atoms with Crippen molar-refractivity contribution in [3.05, 3.63) is 59.9 Å². The van der Waals surface area contributed by atoms with Crippen LogP contribution in [0.15, 0.2) is 53.7 Å². The van der Waals surface area contributed by atoms with Gasteiger partial charge in [0.1, 0.15) is 0 Å². The summed E-state index contributed by atoms with van der Waals surface area (Å²) in [7, 11) is -3.63. The maximum absolute atomic E-state index is 12.4. The van der Waals surface area contributed by atoms with Crippen molar-refractivity contribution in [3.63, 3.8) is 0 Å². The normalized spacial score (nSPS) is 12.8. The molecule has 6 nitrogen and oxygen atoms in total. The summed E-state index contributed by atoms with van der Waals surface area (Å²) in [5, 5.41) is 2.85. The molecule has 2 rings (SSSR count). The molecule has 1 unspecified atom stereocenters. The van der Waals surface area contributed by atoms with Gasteiger partial charge in [-0.05, 0) is 56.7 Å². The number of hydrogen-bond acceptors (Lipinski definition) is 4. The van der Waals surface area contributed by atoms with Crippen molar-refractivity contribution in [1.29, 1.82) is 0 Å². The number of hydrogen-bond donors (Lipinski definition) is 2. The topological polar surface area (TPSA) is 88.2 Å². The Morgan fingerprint density at radius 1 is 1.08 bits per heavy atom. The van der Waals surface area contributed by atoms with Gasteiger partial charge in [-0.1, -0.05) is 6.07 Å². The molecule has 0 aliphatic rings. The lowest BCUT2D eigenvalue weighted by molar-refractivity contribution is 0.0939. The molecule has 1 heterocycles. The lowest BCUT2D eigenvalue weighted by Gasteiger charge is -2.15. The molecule has 0 bridgehead atoms. The van der Waals surface area contributed by atoms with Gasteiger partial charge in [-0.15, -0.1) is 0 Å². The maximum atomic E-state index is 12.4. The highest BCUT2D eigenvalue weighted by atomic mass is 32.2. The van der Waals surface area contributed by atoms with Gasteiger partial charge in [-0.3, -0.25) is 9.78 Å². The van der Waals surface area contributed by atoms with Gasteiger partial charge >= 0.3 is 0 Å². The fourth-order valence-electron chi connectivity index (χ4n) is 2.20. The highest BCUT2D eigenvalue weighted by molar-refractivity contribution is 7.89. The highest BCUT2D eigenvalue weighted by Crippen LogP contribution is 2.15. The Kier molecular flexibility index (Phi) is 5.69. The maximum Gasteiger partial charge on any atom is 0.251 e. The number of amides is 1. The van der Waals surface area contributed by atoms with Crippen molar-refractivity contribution in [1.82, 2.24) is 15.0 Å². The van der Waals surface area contributed by atoms with Crippen LogP contribution in [0.25, 0.3) is 0 Å². The SMILES string of the molecule is CC(C)NS(=O)(=O)c1cccc(C(=O)NC(C)c2ccncc2)c1. The van der Waals surface area contributed by atoms with E-state index >= 15 is 0 Å². The molecule has 24 heavy (non-hydrogen) atoms. The fourth-order valence-corrected chi connectivity index (χ4v) is 3.49. The number of benzene rings is 1. The second-order valence-electron chi connectivity index (χ2n) is 5.78. The minimum atomic E-state index is -3.63. The second kappa shape index (κ2) is 7.55. The van der Waals surface area contributed by atoms with Gasteiger partial charge in [0, 0.05) is 24.0 Å². The van der Waals surface area contributed by atoms with Gasteiger partial charge in [0.25, 0.3) is 5.91 Å². The third-order valence-electron chi connectivity index (χ3n) is 3.35. The summed E-state index contributed by atoms with van der Waals surface area (Å²) in [5.74, 6) is -0.332. The summed E-state index contributed by atoms with van der Waals surface area (Å²) in [6, 6.07) is 9.18. The monoisotopic (exact) mass is 347 g/mol. The molecule has 0 saturated carbocycles. The Morgan fingerprint density at radius 2 is 1.75 bits per heavy atom. The summed E-state index contributed by atoms with van der Waals surface area (Å²) >= 11 is 0. The number of rotatable bonds is 6.